The van der Waals surface area contributed by atoms with Crippen molar-refractivity contribution >= 4 is 49.4 Å². The zero-order valence-electron chi connectivity index (χ0n) is 12.1. The van der Waals surface area contributed by atoms with Crippen LogP contribution in [-0.2, 0) is 14.3 Å². The van der Waals surface area contributed by atoms with Crippen LogP contribution >= 0.6 is 31.9 Å². The van der Waals surface area contributed by atoms with Gasteiger partial charge in [0.25, 0.3) is 5.91 Å². The summed E-state index contributed by atoms with van der Waals surface area (Å²) in [5, 5.41) is 21.6. The van der Waals surface area contributed by atoms with Gasteiger partial charge in [-0.1, -0.05) is 0 Å². The number of nitrogens with one attached hydrogen (secondary N) is 1. The molecule has 23 heavy (non-hydrogen) atoms. The molecule has 1 heterocycles. The maximum atomic E-state index is 12.4. The van der Waals surface area contributed by atoms with Gasteiger partial charge in [-0.15, -0.1) is 0 Å². The van der Waals surface area contributed by atoms with Crippen LogP contribution in [0.2, 0.25) is 0 Å². The molecule has 1 aliphatic heterocycles. The number of phenolic OH excluding ortho intramolecular Hbond substituents is 1. The fourth-order valence-electron chi connectivity index (χ4n) is 2.13. The zero-order chi connectivity index (χ0) is 17.1. The highest BCUT2D eigenvalue weighted by molar-refractivity contribution is 9.11. The van der Waals surface area contributed by atoms with E-state index in [9.17, 15) is 14.7 Å². The molecule has 1 amide bonds. The second kappa shape index (κ2) is 7.33. The molecule has 0 saturated heterocycles. The lowest BCUT2D eigenvalue weighted by Crippen LogP contribution is -2.31. The van der Waals surface area contributed by atoms with Crippen molar-refractivity contribution in [2.24, 2.45) is 0 Å². The summed E-state index contributed by atoms with van der Waals surface area (Å²) in [6, 6.07) is 3.15. The summed E-state index contributed by atoms with van der Waals surface area (Å²) in [7, 11) is 1.24. The number of β-amino-alcohol motifs (C(OH)–C–C–N with tert-alkyl or cyclic N) is 1. The number of amides is 1. The van der Waals surface area contributed by atoms with Crippen LogP contribution in [0.1, 0.15) is 0 Å². The maximum absolute atomic E-state index is 12.4. The lowest BCUT2D eigenvalue weighted by atomic mass is 10.2. The number of aliphatic hydroxyl groups excluding tert-OH is 1. The van der Waals surface area contributed by atoms with Crippen molar-refractivity contribution in [3.05, 3.63) is 32.3 Å². The molecule has 0 radical (unpaired) electrons. The van der Waals surface area contributed by atoms with E-state index in [1.807, 2.05) is 0 Å². The number of ether oxygens (including phenoxy) is 1. The van der Waals surface area contributed by atoms with Crippen LogP contribution in [0.15, 0.2) is 32.3 Å². The quantitative estimate of drug-likeness (QED) is 0.466. The Bertz CT molecular complexity index is 667. The lowest BCUT2D eigenvalue weighted by Gasteiger charge is -2.15. The average Bonchev–Trinajstić information content (AvgIpc) is 2.81. The first kappa shape index (κ1) is 17.8. The van der Waals surface area contributed by atoms with Gasteiger partial charge >= 0.3 is 5.97 Å². The van der Waals surface area contributed by atoms with E-state index >= 15 is 0 Å². The van der Waals surface area contributed by atoms with Crippen LogP contribution in [0, 0.1) is 0 Å². The van der Waals surface area contributed by atoms with E-state index in [0.717, 1.165) is 0 Å². The van der Waals surface area contributed by atoms with Gasteiger partial charge in [-0.3, -0.25) is 4.79 Å². The van der Waals surface area contributed by atoms with Crippen molar-refractivity contribution in [2.45, 2.75) is 0 Å². The molecular formula is C14H14Br2N2O5. The summed E-state index contributed by atoms with van der Waals surface area (Å²) >= 11 is 6.40. The van der Waals surface area contributed by atoms with E-state index in [0.29, 0.717) is 14.6 Å². The van der Waals surface area contributed by atoms with Gasteiger partial charge in [-0.05, 0) is 44.0 Å². The molecule has 0 atom stereocenters. The minimum atomic E-state index is -0.613. The van der Waals surface area contributed by atoms with Gasteiger partial charge < -0.3 is 25.2 Å². The highest BCUT2D eigenvalue weighted by atomic mass is 79.9. The van der Waals surface area contributed by atoms with Crippen molar-refractivity contribution < 1.29 is 24.5 Å². The number of rotatable bonds is 5. The van der Waals surface area contributed by atoms with Crippen molar-refractivity contribution in [3.63, 3.8) is 0 Å². The van der Waals surface area contributed by atoms with Gasteiger partial charge in [-0.25, -0.2) is 4.79 Å². The first-order valence-corrected chi connectivity index (χ1v) is 8.14. The Hall–Kier alpha value is -1.58. The minimum absolute atomic E-state index is 0.0253. The molecule has 1 aromatic rings. The summed E-state index contributed by atoms with van der Waals surface area (Å²) < 4.78 is 5.55. The number of nitrogens with zero attached hydrogens (tertiary/aromatic N) is 1. The third-order valence-corrected chi connectivity index (χ3v) is 4.45. The Morgan fingerprint density at radius 3 is 2.52 bits per heavy atom. The van der Waals surface area contributed by atoms with Crippen LogP contribution in [0.25, 0.3) is 0 Å². The number of methoxy groups -OCH3 is 1. The number of carbonyl (C=O) groups excluding carboxylic acids is 2. The first-order chi connectivity index (χ1) is 10.9. The molecule has 0 aliphatic carbocycles. The molecule has 1 aromatic carbocycles. The fourth-order valence-corrected chi connectivity index (χ4v) is 3.32. The molecule has 3 N–H and O–H groups in total. The predicted octanol–water partition coefficient (Wildman–Crippen LogP) is 1.59. The number of benzene rings is 1. The van der Waals surface area contributed by atoms with Gasteiger partial charge in [0.2, 0.25) is 0 Å². The number of anilines is 1. The summed E-state index contributed by atoms with van der Waals surface area (Å²) in [6.45, 7) is -0.0218. The minimum Gasteiger partial charge on any atom is -0.506 e. The monoisotopic (exact) mass is 448 g/mol. The third-order valence-electron chi connectivity index (χ3n) is 3.24. The third kappa shape index (κ3) is 3.67. The van der Waals surface area contributed by atoms with E-state index in [1.165, 1.54) is 12.0 Å². The number of carbonyl (C=O) groups is 2. The summed E-state index contributed by atoms with van der Waals surface area (Å²) in [5.41, 5.74) is 0.776. The zero-order valence-corrected chi connectivity index (χ0v) is 15.3. The van der Waals surface area contributed by atoms with E-state index < -0.39 is 11.9 Å². The molecule has 7 nitrogen and oxygen atoms in total. The lowest BCUT2D eigenvalue weighted by molar-refractivity contribution is -0.136. The Morgan fingerprint density at radius 2 is 2.00 bits per heavy atom. The largest absolute Gasteiger partial charge is 0.506 e. The standard InChI is InChI=1S/C14H14Br2N2O5/c1-23-14(22)8-6-18(2-3-19)13(21)11(8)17-7-4-9(15)12(20)10(16)5-7/h4-5,17,19-20H,2-3,6H2,1H3. The highest BCUT2D eigenvalue weighted by Crippen LogP contribution is 2.36. The van der Waals surface area contributed by atoms with Crippen molar-refractivity contribution in [3.8, 4) is 5.75 Å². The van der Waals surface area contributed by atoms with E-state index in [-0.39, 0.29) is 36.7 Å². The van der Waals surface area contributed by atoms with Crippen molar-refractivity contribution in [1.29, 1.82) is 0 Å². The molecule has 0 fully saturated rings. The molecule has 0 bridgehead atoms. The predicted molar refractivity (Wildman–Crippen MR) is 89.8 cm³/mol. The van der Waals surface area contributed by atoms with Crippen LogP contribution in [-0.4, -0.2) is 53.8 Å². The van der Waals surface area contributed by atoms with Gasteiger partial charge in [0, 0.05) is 12.2 Å². The van der Waals surface area contributed by atoms with Crippen molar-refractivity contribution in [2.75, 3.05) is 32.1 Å². The molecule has 1 aliphatic rings. The Morgan fingerprint density at radius 1 is 1.39 bits per heavy atom. The van der Waals surface area contributed by atoms with E-state index in [4.69, 9.17) is 9.84 Å². The normalized spacial score (nSPS) is 14.4. The number of hydrogen-bond acceptors (Lipinski definition) is 6. The summed E-state index contributed by atoms with van der Waals surface area (Å²) in [6.07, 6.45) is 0. The number of aromatic hydroxyl groups is 1. The summed E-state index contributed by atoms with van der Waals surface area (Å²) in [4.78, 5) is 25.6. The molecule has 0 saturated carbocycles. The number of phenols is 1. The molecule has 9 heteroatoms. The second-order valence-corrected chi connectivity index (χ2v) is 6.42. The molecule has 0 spiro atoms. The number of aliphatic hydroxyl groups is 1. The fraction of sp³-hybridized carbons (Fsp3) is 0.286. The van der Waals surface area contributed by atoms with Gasteiger partial charge in [0.1, 0.15) is 11.4 Å². The first-order valence-electron chi connectivity index (χ1n) is 6.55. The number of halogens is 2. The Balaban J connectivity index is 2.37. The molecule has 2 rings (SSSR count). The van der Waals surface area contributed by atoms with Crippen LogP contribution in [0.3, 0.4) is 0 Å². The maximum Gasteiger partial charge on any atom is 0.337 e. The van der Waals surface area contributed by atoms with Gasteiger partial charge in [-0.2, -0.15) is 0 Å². The number of esters is 1. The molecule has 0 aromatic heterocycles. The van der Waals surface area contributed by atoms with Crippen LogP contribution < -0.4 is 5.32 Å². The molecule has 0 unspecified atom stereocenters. The SMILES string of the molecule is COC(=O)C1=C(Nc2cc(Br)c(O)c(Br)c2)C(=O)N(CCO)C1. The second-order valence-electron chi connectivity index (χ2n) is 4.71. The average molecular weight is 450 g/mol. The smallest absolute Gasteiger partial charge is 0.337 e. The van der Waals surface area contributed by atoms with Gasteiger partial charge in [0.05, 0.1) is 34.8 Å². The number of hydrogen-bond donors (Lipinski definition) is 3. The van der Waals surface area contributed by atoms with E-state index in [2.05, 4.69) is 37.2 Å². The van der Waals surface area contributed by atoms with E-state index in [1.54, 1.807) is 12.1 Å². The topological polar surface area (TPSA) is 99.1 Å². The summed E-state index contributed by atoms with van der Waals surface area (Å²) in [5.74, 6) is -0.990. The molecular weight excluding hydrogens is 436 g/mol. The van der Waals surface area contributed by atoms with Gasteiger partial charge in [0.15, 0.2) is 0 Å². The van der Waals surface area contributed by atoms with Crippen LogP contribution in [0.4, 0.5) is 5.69 Å². The Kier molecular flexibility index (Phi) is 5.66. The molecule has 124 valence electrons. The highest BCUT2D eigenvalue weighted by Gasteiger charge is 2.34. The van der Waals surface area contributed by atoms with Crippen LogP contribution in [0.5, 0.6) is 5.75 Å². The van der Waals surface area contributed by atoms with Crippen molar-refractivity contribution in [1.82, 2.24) is 4.90 Å². The Labute approximate surface area is 149 Å².